The first-order chi connectivity index (χ1) is 10.8. The number of rotatable bonds is 8. The van der Waals surface area contributed by atoms with Crippen LogP contribution in [0.1, 0.15) is 38.2 Å². The lowest BCUT2D eigenvalue weighted by Gasteiger charge is -2.13. The number of hydrogen-bond acceptors (Lipinski definition) is 6. The largest absolute Gasteiger partial charge is 0.297 e. The summed E-state index contributed by atoms with van der Waals surface area (Å²) in [6, 6.07) is 1.65. The first kappa shape index (κ1) is 21.0. The van der Waals surface area contributed by atoms with Gasteiger partial charge in [0.05, 0.1) is 0 Å². The van der Waals surface area contributed by atoms with Gasteiger partial charge < -0.3 is 0 Å². The zero-order valence-corrected chi connectivity index (χ0v) is 15.2. The molecule has 3 N–H and O–H groups in total. The van der Waals surface area contributed by atoms with Crippen LogP contribution in [0, 0.1) is 0 Å². The normalized spacial score (nSPS) is 13.2. The van der Waals surface area contributed by atoms with Crippen molar-refractivity contribution in [2.45, 2.75) is 53.7 Å². The number of aryl methyl sites for hydroxylation is 1. The summed E-state index contributed by atoms with van der Waals surface area (Å²) in [4.78, 5) is -4.12. The van der Waals surface area contributed by atoms with Crippen LogP contribution >= 0.6 is 0 Å². The second kappa shape index (κ2) is 7.45. The maximum absolute atomic E-state index is 11.6. The van der Waals surface area contributed by atoms with Gasteiger partial charge >= 0.3 is 0 Å². The molecule has 0 aliphatic rings. The van der Waals surface area contributed by atoms with Gasteiger partial charge in [-0.1, -0.05) is 32.3 Å². The van der Waals surface area contributed by atoms with E-state index in [1.807, 2.05) is 6.92 Å². The summed E-state index contributed by atoms with van der Waals surface area (Å²) in [5.41, 5.74) is -0.173. The Balaban J connectivity index is 3.72. The lowest BCUT2D eigenvalue weighted by Crippen LogP contribution is -2.16. The van der Waals surface area contributed by atoms with E-state index in [2.05, 4.69) is 0 Å². The van der Waals surface area contributed by atoms with E-state index in [0.717, 1.165) is 18.9 Å². The molecule has 0 fully saturated rings. The summed E-state index contributed by atoms with van der Waals surface area (Å²) in [6.07, 6.45) is 2.91. The SMILES string of the molecule is CCCCCCc1ccc(S(=O)(=O)O)c(S(=O)(=O)O)c1S(=O)(=O)O. The van der Waals surface area contributed by atoms with E-state index in [1.165, 1.54) is 0 Å². The van der Waals surface area contributed by atoms with Gasteiger partial charge in [-0.25, -0.2) is 0 Å². The molecule has 0 aromatic heterocycles. The van der Waals surface area contributed by atoms with Crippen molar-refractivity contribution in [2.24, 2.45) is 0 Å². The zero-order valence-electron chi connectivity index (χ0n) is 12.7. The highest BCUT2D eigenvalue weighted by Crippen LogP contribution is 2.32. The highest BCUT2D eigenvalue weighted by molar-refractivity contribution is 7.90. The molecule has 138 valence electrons. The maximum Gasteiger partial charge on any atom is 0.297 e. The molecule has 0 saturated heterocycles. The number of hydrogen-bond donors (Lipinski definition) is 3. The van der Waals surface area contributed by atoms with Gasteiger partial charge in [0.15, 0.2) is 0 Å². The second-order valence-corrected chi connectivity index (χ2v) is 9.22. The molecule has 0 unspecified atom stereocenters. The zero-order chi connectivity index (χ0) is 18.8. The molecule has 9 nitrogen and oxygen atoms in total. The smallest absolute Gasteiger partial charge is 0.282 e. The van der Waals surface area contributed by atoms with Crippen molar-refractivity contribution in [2.75, 3.05) is 0 Å². The van der Waals surface area contributed by atoms with Crippen LogP contribution in [0.3, 0.4) is 0 Å². The quantitative estimate of drug-likeness (QED) is 0.432. The standard InChI is InChI=1S/C12H18O9S3/c1-2-3-4-5-6-9-7-8-10(22(13,14)15)12(24(19,20)21)11(9)23(16,17)18/h7-8H,2-6H2,1H3,(H,13,14,15)(H,16,17,18)(H,19,20,21). The third kappa shape index (κ3) is 5.22. The minimum absolute atomic E-state index is 0.0312. The summed E-state index contributed by atoms with van der Waals surface area (Å²) in [7, 11) is -15.7. The minimum Gasteiger partial charge on any atom is -0.282 e. The molecule has 24 heavy (non-hydrogen) atoms. The minimum atomic E-state index is -5.37. The first-order valence-corrected chi connectivity index (χ1v) is 11.2. The van der Waals surface area contributed by atoms with Crippen LogP contribution < -0.4 is 0 Å². The Morgan fingerprint density at radius 3 is 1.71 bits per heavy atom. The van der Waals surface area contributed by atoms with Gasteiger partial charge in [-0.05, 0) is 24.5 Å². The van der Waals surface area contributed by atoms with Crippen LogP contribution in [0.4, 0.5) is 0 Å². The lowest BCUT2D eigenvalue weighted by atomic mass is 10.1. The fraction of sp³-hybridized carbons (Fsp3) is 0.500. The number of benzene rings is 1. The van der Waals surface area contributed by atoms with Crippen molar-refractivity contribution >= 4 is 30.4 Å². The Labute approximate surface area is 141 Å². The van der Waals surface area contributed by atoms with Gasteiger partial charge in [0.2, 0.25) is 0 Å². The van der Waals surface area contributed by atoms with E-state index in [9.17, 15) is 34.4 Å². The monoisotopic (exact) mass is 402 g/mol. The van der Waals surface area contributed by atoms with Crippen molar-refractivity contribution in [3.05, 3.63) is 17.7 Å². The highest BCUT2D eigenvalue weighted by Gasteiger charge is 2.34. The second-order valence-electron chi connectivity index (χ2n) is 5.12. The highest BCUT2D eigenvalue weighted by atomic mass is 32.2. The van der Waals surface area contributed by atoms with Gasteiger partial charge in [-0.2, -0.15) is 25.3 Å². The Kier molecular flexibility index (Phi) is 6.52. The van der Waals surface area contributed by atoms with Crippen LogP contribution in [0.25, 0.3) is 0 Å². The van der Waals surface area contributed by atoms with Gasteiger partial charge in [0.25, 0.3) is 30.4 Å². The Morgan fingerprint density at radius 1 is 0.750 bits per heavy atom. The maximum atomic E-state index is 11.6. The van der Waals surface area contributed by atoms with Crippen LogP contribution in [-0.4, -0.2) is 38.9 Å². The predicted molar refractivity (Wildman–Crippen MR) is 83.7 cm³/mol. The molecular formula is C12H18O9S3. The molecule has 0 heterocycles. The fourth-order valence-electron chi connectivity index (χ4n) is 2.25. The van der Waals surface area contributed by atoms with E-state index in [0.29, 0.717) is 18.9 Å². The van der Waals surface area contributed by atoms with E-state index in [-0.39, 0.29) is 12.0 Å². The molecule has 1 aromatic rings. The summed E-state index contributed by atoms with van der Waals surface area (Å²) in [5.74, 6) is 0. The van der Waals surface area contributed by atoms with Crippen molar-refractivity contribution in [1.29, 1.82) is 0 Å². The molecule has 0 radical (unpaired) electrons. The van der Waals surface area contributed by atoms with Crippen molar-refractivity contribution in [1.82, 2.24) is 0 Å². The summed E-state index contributed by atoms with van der Waals surface area (Å²) in [6.45, 7) is 1.95. The molecule has 0 amide bonds. The van der Waals surface area contributed by atoms with E-state index < -0.39 is 45.0 Å². The van der Waals surface area contributed by atoms with Crippen LogP contribution in [0.5, 0.6) is 0 Å². The van der Waals surface area contributed by atoms with Gasteiger partial charge in [0, 0.05) is 0 Å². The molecule has 12 heteroatoms. The fourth-order valence-corrected chi connectivity index (χ4v) is 5.69. The van der Waals surface area contributed by atoms with Gasteiger partial charge in [-0.3, -0.25) is 13.7 Å². The average molecular weight is 402 g/mol. The molecule has 0 spiro atoms. The van der Waals surface area contributed by atoms with Crippen LogP contribution in [0.2, 0.25) is 0 Å². The first-order valence-electron chi connectivity index (χ1n) is 6.88. The lowest BCUT2D eigenvalue weighted by molar-refractivity contribution is 0.454. The third-order valence-electron chi connectivity index (χ3n) is 3.25. The molecule has 0 bridgehead atoms. The van der Waals surface area contributed by atoms with Crippen molar-refractivity contribution in [3.63, 3.8) is 0 Å². The van der Waals surface area contributed by atoms with Gasteiger partial charge in [-0.15, -0.1) is 0 Å². The van der Waals surface area contributed by atoms with E-state index in [4.69, 9.17) is 4.55 Å². The Hall–Kier alpha value is -1.05. The number of unbranched alkanes of at least 4 members (excludes halogenated alkanes) is 3. The summed E-state index contributed by atoms with van der Waals surface area (Å²) >= 11 is 0. The Morgan fingerprint density at radius 2 is 1.29 bits per heavy atom. The molecule has 0 aliphatic heterocycles. The molecule has 1 aromatic carbocycles. The summed E-state index contributed by atoms with van der Waals surface area (Å²) in [5, 5.41) is 0. The van der Waals surface area contributed by atoms with Crippen LogP contribution in [-0.2, 0) is 36.8 Å². The van der Waals surface area contributed by atoms with Crippen molar-refractivity contribution in [3.8, 4) is 0 Å². The van der Waals surface area contributed by atoms with Crippen molar-refractivity contribution < 1.29 is 38.9 Å². The molecular weight excluding hydrogens is 384 g/mol. The predicted octanol–water partition coefficient (Wildman–Crippen LogP) is 1.55. The Bertz CT molecular complexity index is 913. The topological polar surface area (TPSA) is 163 Å². The molecule has 1 rings (SSSR count). The van der Waals surface area contributed by atoms with Crippen LogP contribution in [0.15, 0.2) is 26.8 Å². The van der Waals surface area contributed by atoms with E-state index >= 15 is 0 Å². The third-order valence-corrected chi connectivity index (χ3v) is 6.33. The van der Waals surface area contributed by atoms with E-state index in [1.54, 1.807) is 0 Å². The molecule has 0 saturated carbocycles. The molecule has 0 atom stereocenters. The average Bonchev–Trinajstić information content (AvgIpc) is 2.39. The van der Waals surface area contributed by atoms with Gasteiger partial charge in [0.1, 0.15) is 14.7 Å². The molecule has 0 aliphatic carbocycles. The summed E-state index contributed by atoms with van der Waals surface area (Å²) < 4.78 is 96.4.